The topological polar surface area (TPSA) is 52.6 Å². The molecule has 1 aliphatic carbocycles. The van der Waals surface area contributed by atoms with Gasteiger partial charge in [0.2, 0.25) is 0 Å². The van der Waals surface area contributed by atoms with Crippen LogP contribution >= 0.6 is 22.6 Å². The zero-order valence-electron chi connectivity index (χ0n) is 10.9. The van der Waals surface area contributed by atoms with Gasteiger partial charge in [-0.2, -0.15) is 0 Å². The van der Waals surface area contributed by atoms with Crippen molar-refractivity contribution in [2.24, 2.45) is 5.41 Å². The number of hydrogen-bond donors (Lipinski definition) is 0. The summed E-state index contributed by atoms with van der Waals surface area (Å²) in [6.07, 6.45) is 1.76. The molecule has 1 fully saturated rings. The monoisotopic (exact) mass is 384 g/mol. The molecule has 2 aliphatic rings. The minimum atomic E-state index is -1.03. The van der Waals surface area contributed by atoms with Gasteiger partial charge in [0.15, 0.2) is 11.2 Å². The van der Waals surface area contributed by atoms with Crippen LogP contribution in [-0.2, 0) is 14.3 Å². The van der Waals surface area contributed by atoms with Crippen LogP contribution in [0, 0.1) is 5.41 Å². The summed E-state index contributed by atoms with van der Waals surface area (Å²) in [5.74, 6) is 0.805. The predicted octanol–water partition coefficient (Wildman–Crippen LogP) is 3.10. The Morgan fingerprint density at radius 1 is 1.25 bits per heavy atom. The van der Waals surface area contributed by atoms with Crippen LogP contribution in [0.5, 0.6) is 5.75 Å². The first-order chi connectivity index (χ1) is 9.59. The third-order valence-electron chi connectivity index (χ3n) is 3.90. The average molecular weight is 384 g/mol. The second-order valence-electron chi connectivity index (χ2n) is 4.94. The zero-order valence-corrected chi connectivity index (χ0v) is 13.1. The summed E-state index contributed by atoms with van der Waals surface area (Å²) in [5, 5.41) is 0. The Bertz CT molecular complexity index is 617. The summed E-state index contributed by atoms with van der Waals surface area (Å²) < 4.78 is 11.2. The molecule has 0 amide bonds. The summed E-state index contributed by atoms with van der Waals surface area (Å²) >= 11 is 2.08. The molecule has 1 aromatic carbocycles. The van der Waals surface area contributed by atoms with Gasteiger partial charge in [-0.25, -0.2) is 0 Å². The maximum Gasteiger partial charge on any atom is 0.330 e. The van der Waals surface area contributed by atoms with E-state index >= 15 is 0 Å². The molecule has 1 spiro atoms. The van der Waals surface area contributed by atoms with E-state index < -0.39 is 11.4 Å². The molecule has 1 atom stereocenters. The molecule has 0 unspecified atom stereocenters. The molecular formula is C15H13IO4. The van der Waals surface area contributed by atoms with E-state index in [0.717, 1.165) is 17.7 Å². The van der Waals surface area contributed by atoms with E-state index in [4.69, 9.17) is 9.47 Å². The van der Waals surface area contributed by atoms with Crippen molar-refractivity contribution in [2.45, 2.75) is 19.3 Å². The van der Waals surface area contributed by atoms with Gasteiger partial charge in [0.1, 0.15) is 11.5 Å². The summed E-state index contributed by atoms with van der Waals surface area (Å²) in [7, 11) is 1.60. The summed E-state index contributed by atoms with van der Waals surface area (Å²) in [5.41, 5.74) is -0.240. The van der Waals surface area contributed by atoms with Crippen LogP contribution in [0.4, 0.5) is 0 Å². The maximum atomic E-state index is 12.2. The number of methoxy groups -OCH3 is 1. The largest absolute Gasteiger partial charge is 0.497 e. The molecule has 1 aliphatic heterocycles. The first-order valence-corrected chi connectivity index (χ1v) is 7.48. The van der Waals surface area contributed by atoms with Crippen LogP contribution in [-0.4, -0.2) is 18.9 Å². The smallest absolute Gasteiger partial charge is 0.330 e. The normalized spacial score (nSPS) is 25.5. The molecule has 0 radical (unpaired) electrons. The van der Waals surface area contributed by atoms with Crippen molar-refractivity contribution in [3.63, 3.8) is 0 Å². The first kappa shape index (κ1) is 13.6. The third kappa shape index (κ3) is 1.79. The molecule has 1 heterocycles. The highest BCUT2D eigenvalue weighted by molar-refractivity contribution is 14.1. The molecule has 0 aromatic heterocycles. The summed E-state index contributed by atoms with van der Waals surface area (Å²) in [4.78, 5) is 24.3. The molecule has 3 rings (SSSR count). The van der Waals surface area contributed by atoms with Gasteiger partial charge >= 0.3 is 5.97 Å². The van der Waals surface area contributed by atoms with E-state index in [9.17, 15) is 9.59 Å². The number of ether oxygens (including phenoxy) is 2. The number of rotatable bonds is 2. The van der Waals surface area contributed by atoms with E-state index in [1.165, 1.54) is 0 Å². The van der Waals surface area contributed by atoms with E-state index in [1.807, 2.05) is 24.3 Å². The Hall–Kier alpha value is -1.37. The Morgan fingerprint density at radius 3 is 2.50 bits per heavy atom. The van der Waals surface area contributed by atoms with Crippen molar-refractivity contribution in [3.8, 4) is 5.75 Å². The number of Topliss-reactive ketones (excluding diaryl/α,β-unsaturated/α-hetero) is 1. The second kappa shape index (κ2) is 4.87. The molecule has 4 nitrogen and oxygen atoms in total. The van der Waals surface area contributed by atoms with E-state index in [1.54, 1.807) is 7.11 Å². The van der Waals surface area contributed by atoms with Crippen LogP contribution in [0.3, 0.4) is 0 Å². The van der Waals surface area contributed by atoms with E-state index in [2.05, 4.69) is 22.6 Å². The van der Waals surface area contributed by atoms with E-state index in [0.29, 0.717) is 22.2 Å². The molecular weight excluding hydrogens is 371 g/mol. The lowest BCUT2D eigenvalue weighted by atomic mass is 9.85. The Kier molecular flexibility index (Phi) is 3.32. The Labute approximate surface area is 130 Å². The maximum absolute atomic E-state index is 12.2. The van der Waals surface area contributed by atoms with Crippen molar-refractivity contribution in [1.29, 1.82) is 0 Å². The highest BCUT2D eigenvalue weighted by Crippen LogP contribution is 2.53. The number of halogens is 1. The van der Waals surface area contributed by atoms with Gasteiger partial charge in [0, 0.05) is 12.0 Å². The van der Waals surface area contributed by atoms with Gasteiger partial charge in [-0.3, -0.25) is 9.59 Å². The number of cyclic esters (lactones) is 1. The number of carbonyl (C=O) groups excluding carboxylic acids is 2. The quantitative estimate of drug-likeness (QED) is 0.447. The highest BCUT2D eigenvalue weighted by atomic mass is 127. The lowest BCUT2D eigenvalue weighted by molar-refractivity contribution is -0.147. The number of esters is 1. The molecule has 5 heteroatoms. The number of hydrogen-bond acceptors (Lipinski definition) is 4. The standard InChI is InChI=1S/C15H13IO4/c1-19-10-6-4-9(5-7-10)12-13(16)15(14(18)20-12)8-2-3-11(15)17/h4-7H,2-3,8H2,1H3/t15-/m0/s1. The molecule has 1 aromatic rings. The van der Waals surface area contributed by atoms with Gasteiger partial charge in [-0.15, -0.1) is 0 Å². The van der Waals surface area contributed by atoms with Gasteiger partial charge in [-0.1, -0.05) is 0 Å². The Morgan fingerprint density at radius 2 is 1.95 bits per heavy atom. The molecule has 0 N–H and O–H groups in total. The second-order valence-corrected chi connectivity index (χ2v) is 6.02. The molecule has 104 valence electrons. The average Bonchev–Trinajstić information content (AvgIpc) is 2.97. The minimum Gasteiger partial charge on any atom is -0.497 e. The van der Waals surface area contributed by atoms with Crippen LogP contribution in [0.15, 0.2) is 27.8 Å². The highest BCUT2D eigenvalue weighted by Gasteiger charge is 2.57. The molecule has 20 heavy (non-hydrogen) atoms. The molecule has 0 bridgehead atoms. The van der Waals surface area contributed by atoms with Gasteiger partial charge in [0.05, 0.1) is 10.7 Å². The van der Waals surface area contributed by atoms with Gasteiger partial charge in [-0.05, 0) is 59.7 Å². The van der Waals surface area contributed by atoms with Crippen LogP contribution < -0.4 is 4.74 Å². The summed E-state index contributed by atoms with van der Waals surface area (Å²) in [6, 6.07) is 7.28. The van der Waals surface area contributed by atoms with Gasteiger partial charge in [0.25, 0.3) is 0 Å². The first-order valence-electron chi connectivity index (χ1n) is 6.40. The molecule has 0 saturated heterocycles. The van der Waals surface area contributed by atoms with Crippen LogP contribution in [0.2, 0.25) is 0 Å². The number of benzene rings is 1. The predicted molar refractivity (Wildman–Crippen MR) is 81.3 cm³/mol. The summed E-state index contributed by atoms with van der Waals surface area (Å²) in [6.45, 7) is 0. The minimum absolute atomic E-state index is 0.0181. The van der Waals surface area contributed by atoms with Gasteiger partial charge < -0.3 is 9.47 Å². The molecule has 1 saturated carbocycles. The number of carbonyl (C=O) groups is 2. The zero-order chi connectivity index (χ0) is 14.3. The number of ketones is 1. The fraction of sp³-hybridized carbons (Fsp3) is 0.333. The van der Waals surface area contributed by atoms with Crippen molar-refractivity contribution in [1.82, 2.24) is 0 Å². The SMILES string of the molecule is COc1ccc(C2=C(I)[C@@]3(CCCC3=O)C(=O)O2)cc1. The van der Waals surface area contributed by atoms with Crippen molar-refractivity contribution in [2.75, 3.05) is 7.11 Å². The Balaban J connectivity index is 2.05. The van der Waals surface area contributed by atoms with Crippen molar-refractivity contribution < 1.29 is 19.1 Å². The lowest BCUT2D eigenvalue weighted by Crippen LogP contribution is -2.32. The third-order valence-corrected chi connectivity index (χ3v) is 5.31. The lowest BCUT2D eigenvalue weighted by Gasteiger charge is -2.16. The van der Waals surface area contributed by atoms with E-state index in [-0.39, 0.29) is 5.78 Å². The van der Waals surface area contributed by atoms with Crippen molar-refractivity contribution in [3.05, 3.63) is 33.4 Å². The fourth-order valence-corrected chi connectivity index (χ4v) is 3.96. The van der Waals surface area contributed by atoms with Crippen LogP contribution in [0.25, 0.3) is 5.76 Å². The van der Waals surface area contributed by atoms with Crippen LogP contribution in [0.1, 0.15) is 24.8 Å². The van der Waals surface area contributed by atoms with Crippen molar-refractivity contribution >= 4 is 40.1 Å². The fourth-order valence-electron chi connectivity index (χ4n) is 2.75.